The molecule has 0 rings (SSSR count). The van der Waals surface area contributed by atoms with Crippen LogP contribution in [0, 0.1) is 6.61 Å². The van der Waals surface area contributed by atoms with Gasteiger partial charge in [0.2, 0.25) is 0 Å². The molecule has 0 aromatic carbocycles. The maximum absolute atomic E-state index is 11.1. The lowest BCUT2D eigenvalue weighted by Crippen LogP contribution is -2.15. The van der Waals surface area contributed by atoms with Crippen molar-refractivity contribution in [1.82, 2.24) is 0 Å². The smallest absolute Gasteiger partial charge is 0.366 e. The van der Waals surface area contributed by atoms with Crippen molar-refractivity contribution in [2.45, 2.75) is 13.1 Å². The van der Waals surface area contributed by atoms with E-state index in [4.69, 9.17) is 0 Å². The molecule has 0 fully saturated rings. The first-order valence-corrected chi connectivity index (χ1v) is 2.02. The van der Waals surface area contributed by atoms with E-state index in [9.17, 15) is 13.2 Å². The van der Waals surface area contributed by atoms with E-state index in [0.717, 1.165) is 6.61 Å². The number of hydrogen-bond donors (Lipinski definition) is 0. The Morgan fingerprint density at radius 3 is 2.12 bits per heavy atom. The molecule has 0 aromatic rings. The summed E-state index contributed by atoms with van der Waals surface area (Å²) in [4.78, 5) is 0. The Morgan fingerprint density at radius 2 is 2.00 bits per heavy atom. The molecule has 0 aromatic heterocycles. The molecule has 0 heterocycles. The minimum atomic E-state index is -4.20. The lowest BCUT2D eigenvalue weighted by molar-refractivity contribution is -0.165. The lowest BCUT2D eigenvalue weighted by atomic mass is 10.7. The van der Waals surface area contributed by atoms with Crippen LogP contribution < -0.4 is 0 Å². The molecule has 0 aliphatic carbocycles. The Bertz CT molecular complexity index is 58.8. The predicted molar refractivity (Wildman–Crippen MR) is 22.0 cm³/mol. The van der Waals surface area contributed by atoms with Crippen LogP contribution in [0.2, 0.25) is 0 Å². The van der Waals surface area contributed by atoms with Gasteiger partial charge in [-0.2, -0.15) is 13.2 Å². The summed E-state index contributed by atoms with van der Waals surface area (Å²) < 4.78 is 37.2. The molecule has 1 nitrogen and oxygen atoms in total. The van der Waals surface area contributed by atoms with Crippen LogP contribution in [0.3, 0.4) is 0 Å². The molecule has 0 aliphatic heterocycles. The van der Waals surface area contributed by atoms with Crippen LogP contribution in [0.15, 0.2) is 0 Å². The lowest BCUT2D eigenvalue weighted by Gasteiger charge is -2.03. The third-order valence-electron chi connectivity index (χ3n) is 0.414. The molecule has 8 heavy (non-hydrogen) atoms. The first-order valence-electron chi connectivity index (χ1n) is 2.02. The second-order valence-corrected chi connectivity index (χ2v) is 1.16. The van der Waals surface area contributed by atoms with Crippen LogP contribution in [-0.2, 0) is 4.74 Å². The first kappa shape index (κ1) is 7.75. The van der Waals surface area contributed by atoms with Gasteiger partial charge in [-0.1, -0.05) is 0 Å². The molecule has 0 N–H and O–H groups in total. The minimum Gasteiger partial charge on any atom is -0.366 e. The zero-order chi connectivity index (χ0) is 6.62. The zero-order valence-electron chi connectivity index (χ0n) is 4.33. The first-order chi connectivity index (χ1) is 3.56. The predicted octanol–water partition coefficient (Wildman–Crippen LogP) is 1.75. The second-order valence-electron chi connectivity index (χ2n) is 1.16. The van der Waals surface area contributed by atoms with Gasteiger partial charge in [-0.25, -0.2) is 0 Å². The van der Waals surface area contributed by atoms with Gasteiger partial charge in [0.05, 0.1) is 6.61 Å². The largest absolute Gasteiger partial charge is 0.411 e. The maximum atomic E-state index is 11.1. The Labute approximate surface area is 45.4 Å². The van der Waals surface area contributed by atoms with Gasteiger partial charge in [0, 0.05) is 0 Å². The number of alkyl halides is 3. The fourth-order valence-corrected chi connectivity index (χ4v) is 0.178. The molecular weight excluding hydrogens is 121 g/mol. The molecule has 1 radical (unpaired) electrons. The van der Waals surface area contributed by atoms with E-state index < -0.39 is 12.8 Å². The standard InChI is InChI=1S/C4H6F3O/c1-2-8-3-4(5,6)7/h2H,3H2,1H3. The van der Waals surface area contributed by atoms with Crippen LogP contribution in [0.25, 0.3) is 0 Å². The number of ether oxygens (including phenoxy) is 1. The third kappa shape index (κ3) is 5.75. The maximum Gasteiger partial charge on any atom is 0.411 e. The molecule has 0 saturated carbocycles. The normalized spacial score (nSPS) is 12.0. The quantitative estimate of drug-likeness (QED) is 0.549. The van der Waals surface area contributed by atoms with Gasteiger partial charge in [-0.05, 0) is 6.92 Å². The topological polar surface area (TPSA) is 9.23 Å². The van der Waals surface area contributed by atoms with Crippen LogP contribution in [0.4, 0.5) is 13.2 Å². The highest BCUT2D eigenvalue weighted by atomic mass is 19.4. The highest BCUT2D eigenvalue weighted by Crippen LogP contribution is 2.14. The molecular formula is C4H6F3O. The molecule has 0 atom stereocenters. The van der Waals surface area contributed by atoms with Gasteiger partial charge in [0.25, 0.3) is 0 Å². The molecule has 0 aliphatic rings. The van der Waals surface area contributed by atoms with Gasteiger partial charge >= 0.3 is 6.18 Å². The van der Waals surface area contributed by atoms with Crippen molar-refractivity contribution >= 4 is 0 Å². The Balaban J connectivity index is 3.11. The summed E-state index contributed by atoms with van der Waals surface area (Å²) in [6, 6.07) is 0. The monoisotopic (exact) mass is 127 g/mol. The minimum absolute atomic E-state index is 1.01. The zero-order valence-corrected chi connectivity index (χ0v) is 4.33. The summed E-state index contributed by atoms with van der Waals surface area (Å²) in [7, 11) is 0. The fourth-order valence-electron chi connectivity index (χ4n) is 0.178. The van der Waals surface area contributed by atoms with Gasteiger partial charge in [0.15, 0.2) is 0 Å². The van der Waals surface area contributed by atoms with Crippen LogP contribution in [-0.4, -0.2) is 12.8 Å². The van der Waals surface area contributed by atoms with E-state index in [2.05, 4.69) is 4.74 Å². The molecule has 0 amide bonds. The molecule has 0 bridgehead atoms. The van der Waals surface area contributed by atoms with E-state index >= 15 is 0 Å². The van der Waals surface area contributed by atoms with Gasteiger partial charge in [0.1, 0.15) is 6.61 Å². The van der Waals surface area contributed by atoms with E-state index in [0.29, 0.717) is 0 Å². The fraction of sp³-hybridized carbons (Fsp3) is 0.750. The molecule has 0 unspecified atom stereocenters. The van der Waals surface area contributed by atoms with Crippen molar-refractivity contribution in [1.29, 1.82) is 0 Å². The summed E-state index contributed by atoms with van der Waals surface area (Å²) in [6.45, 7) is 1.21. The van der Waals surface area contributed by atoms with E-state index in [1.165, 1.54) is 6.92 Å². The van der Waals surface area contributed by atoms with Crippen molar-refractivity contribution in [2.24, 2.45) is 0 Å². The molecule has 0 saturated heterocycles. The highest BCUT2D eigenvalue weighted by Gasteiger charge is 2.26. The van der Waals surface area contributed by atoms with Crippen LogP contribution >= 0.6 is 0 Å². The van der Waals surface area contributed by atoms with E-state index in [1.807, 2.05) is 0 Å². The van der Waals surface area contributed by atoms with Gasteiger partial charge < -0.3 is 4.74 Å². The van der Waals surface area contributed by atoms with E-state index in [1.54, 1.807) is 0 Å². The van der Waals surface area contributed by atoms with Crippen LogP contribution in [0.5, 0.6) is 0 Å². The van der Waals surface area contributed by atoms with Crippen LogP contribution in [0.1, 0.15) is 6.92 Å². The Hall–Kier alpha value is -0.250. The summed E-state index contributed by atoms with van der Waals surface area (Å²) in [6.07, 6.45) is -4.20. The second kappa shape index (κ2) is 2.91. The summed E-state index contributed by atoms with van der Waals surface area (Å²) in [5, 5.41) is 0. The highest BCUT2D eigenvalue weighted by molar-refractivity contribution is 4.46. The SMILES string of the molecule is C[CH]OCC(F)(F)F. The average Bonchev–Trinajstić information content (AvgIpc) is 1.59. The van der Waals surface area contributed by atoms with Crippen molar-refractivity contribution in [3.05, 3.63) is 6.61 Å². The van der Waals surface area contributed by atoms with Gasteiger partial charge in [-0.3, -0.25) is 0 Å². The Morgan fingerprint density at radius 1 is 1.50 bits per heavy atom. The average molecular weight is 127 g/mol. The van der Waals surface area contributed by atoms with Gasteiger partial charge in [-0.15, -0.1) is 0 Å². The van der Waals surface area contributed by atoms with Crippen molar-refractivity contribution < 1.29 is 17.9 Å². The third-order valence-corrected chi connectivity index (χ3v) is 0.414. The molecule has 49 valence electrons. The molecule has 4 heteroatoms. The Kier molecular flexibility index (Phi) is 2.82. The van der Waals surface area contributed by atoms with E-state index in [-0.39, 0.29) is 0 Å². The van der Waals surface area contributed by atoms with Crippen molar-refractivity contribution in [2.75, 3.05) is 6.61 Å². The molecule has 0 spiro atoms. The van der Waals surface area contributed by atoms with Crippen molar-refractivity contribution in [3.8, 4) is 0 Å². The number of rotatable bonds is 2. The number of hydrogen-bond acceptors (Lipinski definition) is 1. The summed E-state index contributed by atoms with van der Waals surface area (Å²) in [5.41, 5.74) is 0. The van der Waals surface area contributed by atoms with Crippen molar-refractivity contribution in [3.63, 3.8) is 0 Å². The summed E-state index contributed by atoms with van der Waals surface area (Å²) in [5.74, 6) is 0. The number of halogens is 3. The summed E-state index contributed by atoms with van der Waals surface area (Å²) >= 11 is 0.